The number of hydrogen-bond donors (Lipinski definition) is 0. The smallest absolute Gasteiger partial charge is 0.0725 e. The van der Waals surface area contributed by atoms with Crippen molar-refractivity contribution in [2.75, 3.05) is 49.3 Å². The molecule has 0 spiro atoms. The average molecular weight is 428 g/mol. The molecule has 0 aliphatic heterocycles. The molecule has 0 aliphatic rings. The first-order chi connectivity index (χ1) is 14.1. The van der Waals surface area contributed by atoms with Crippen molar-refractivity contribution in [2.45, 2.75) is 44.9 Å². The van der Waals surface area contributed by atoms with Crippen LogP contribution >= 0.6 is 14.5 Å². The molecule has 0 saturated heterocycles. The minimum absolute atomic E-state index is 0.461. The molecule has 152 valence electrons. The molecule has 0 fully saturated rings. The topological polar surface area (TPSA) is 143 Å². The highest BCUT2D eigenvalue weighted by Gasteiger charge is 2.40. The van der Waals surface area contributed by atoms with Crippen LogP contribution in [0.25, 0.3) is 0 Å². The Kier molecular flexibility index (Phi) is 15.5. The van der Waals surface area contributed by atoms with Gasteiger partial charge in [0.1, 0.15) is 0 Å². The van der Waals surface area contributed by atoms with Gasteiger partial charge in [-0.05, 0) is 0 Å². The van der Waals surface area contributed by atoms with Crippen LogP contribution in [0.15, 0.2) is 0 Å². The van der Waals surface area contributed by atoms with Gasteiger partial charge in [0.15, 0.2) is 0 Å². The largest absolute Gasteiger partial charge is 0.198 e. The highest BCUT2D eigenvalue weighted by Crippen LogP contribution is 2.64. The molecule has 0 aromatic rings. The number of rotatable bonds is 16. The van der Waals surface area contributed by atoms with Gasteiger partial charge in [0.25, 0.3) is 0 Å². The van der Waals surface area contributed by atoms with Crippen molar-refractivity contribution in [3.63, 3.8) is 0 Å². The average Bonchev–Trinajstić information content (AvgIpc) is 2.75. The fraction of sp³-hybridized carbons (Fsp3) is 0.714. The molecule has 0 amide bonds. The Morgan fingerprint density at radius 1 is 0.345 bits per heavy atom. The Labute approximate surface area is 177 Å². The van der Waals surface area contributed by atoms with Crippen molar-refractivity contribution in [3.8, 4) is 36.4 Å². The van der Waals surface area contributed by atoms with Gasteiger partial charge < -0.3 is 0 Å². The van der Waals surface area contributed by atoms with E-state index >= 15 is 0 Å². The summed E-state index contributed by atoms with van der Waals surface area (Å²) in [7, 11) is -3.11. The van der Waals surface area contributed by atoms with Crippen molar-refractivity contribution >= 4 is 14.5 Å². The third-order valence-electron chi connectivity index (χ3n) is 5.45. The first-order valence-electron chi connectivity index (χ1n) is 9.99. The van der Waals surface area contributed by atoms with Crippen LogP contribution < -0.4 is 0 Å². The summed E-state index contributed by atoms with van der Waals surface area (Å²) in [5.41, 5.74) is 0. The van der Waals surface area contributed by atoms with Crippen LogP contribution in [0.4, 0.5) is 0 Å². The molecule has 0 unspecified atom stereocenters. The zero-order valence-corrected chi connectivity index (χ0v) is 19.0. The Morgan fingerprint density at radius 2 is 0.552 bits per heavy atom. The molecular weight excluding hydrogens is 398 g/mol. The Bertz CT molecular complexity index is 570. The molecule has 0 N–H and O–H groups in total. The SMILES string of the molecule is N#CCC[P+](CCC#N)(CCC#N)CCC[P+](CCC#N)(CCC#N)CCC#N. The van der Waals surface area contributed by atoms with Gasteiger partial charge >= 0.3 is 0 Å². The quantitative estimate of drug-likeness (QED) is 0.320. The maximum Gasteiger partial charge on any atom is 0.0725 e. The van der Waals surface area contributed by atoms with Gasteiger partial charge in [-0.25, -0.2) is 0 Å². The molecule has 0 bridgehead atoms. The lowest BCUT2D eigenvalue weighted by molar-refractivity contribution is 0.999. The van der Waals surface area contributed by atoms with Crippen molar-refractivity contribution in [3.05, 3.63) is 0 Å². The van der Waals surface area contributed by atoms with E-state index in [0.717, 1.165) is 55.7 Å². The summed E-state index contributed by atoms with van der Waals surface area (Å²) in [5, 5.41) is 54.5. The van der Waals surface area contributed by atoms with Crippen molar-refractivity contribution < 1.29 is 0 Å². The molecule has 0 aliphatic carbocycles. The van der Waals surface area contributed by atoms with E-state index in [1.807, 2.05) is 0 Å². The maximum absolute atomic E-state index is 9.08. The summed E-state index contributed by atoms with van der Waals surface area (Å²) in [6.07, 6.45) is 10.4. The highest BCUT2D eigenvalue weighted by molar-refractivity contribution is 7.76. The normalized spacial score (nSPS) is 10.6. The second-order valence-electron chi connectivity index (χ2n) is 7.27. The Morgan fingerprint density at radius 3 is 0.724 bits per heavy atom. The molecule has 0 aromatic carbocycles. The molecule has 6 nitrogen and oxygen atoms in total. The van der Waals surface area contributed by atoms with Crippen LogP contribution in [0.5, 0.6) is 0 Å². The van der Waals surface area contributed by atoms with Gasteiger partial charge in [0, 0.05) is 20.9 Å². The molecule has 0 radical (unpaired) electrons. The van der Waals surface area contributed by atoms with Crippen LogP contribution in [0.1, 0.15) is 44.9 Å². The van der Waals surface area contributed by atoms with Crippen LogP contribution in [-0.4, -0.2) is 49.3 Å². The van der Waals surface area contributed by atoms with E-state index in [2.05, 4.69) is 36.4 Å². The maximum atomic E-state index is 9.08. The van der Waals surface area contributed by atoms with E-state index in [1.165, 1.54) is 0 Å². The van der Waals surface area contributed by atoms with E-state index in [4.69, 9.17) is 31.6 Å². The monoisotopic (exact) mass is 428 g/mol. The van der Waals surface area contributed by atoms with Gasteiger partial charge in [-0.15, -0.1) is 0 Å². The Balaban J connectivity index is 5.39. The van der Waals surface area contributed by atoms with E-state index in [-0.39, 0.29) is 0 Å². The molecule has 8 heteroatoms. The van der Waals surface area contributed by atoms with Gasteiger partial charge in [-0.1, -0.05) is 0 Å². The van der Waals surface area contributed by atoms with Crippen LogP contribution in [-0.2, 0) is 0 Å². The highest BCUT2D eigenvalue weighted by atomic mass is 31.2. The fourth-order valence-corrected chi connectivity index (χ4v) is 11.8. The summed E-state index contributed by atoms with van der Waals surface area (Å²) >= 11 is 0. The van der Waals surface area contributed by atoms with Gasteiger partial charge in [0.05, 0.1) is 124 Å². The summed E-state index contributed by atoms with van der Waals surface area (Å²) in [5.74, 6) is 0. The van der Waals surface area contributed by atoms with Crippen LogP contribution in [0.2, 0.25) is 0 Å². The summed E-state index contributed by atoms with van der Waals surface area (Å²) in [6.45, 7) is 0. The van der Waals surface area contributed by atoms with Crippen molar-refractivity contribution in [2.24, 2.45) is 0 Å². The molecule has 0 rings (SSSR count). The van der Waals surface area contributed by atoms with Crippen LogP contribution in [0.3, 0.4) is 0 Å². The molecule has 29 heavy (non-hydrogen) atoms. The molecule has 0 heterocycles. The zero-order chi connectivity index (χ0) is 21.8. The van der Waals surface area contributed by atoms with Gasteiger partial charge in [-0.2, -0.15) is 31.6 Å². The van der Waals surface area contributed by atoms with E-state index in [0.29, 0.717) is 38.5 Å². The molecule has 0 atom stereocenters. The minimum atomic E-state index is -1.55. The predicted octanol–water partition coefficient (Wildman–Crippen LogP) is 4.89. The Hall–Kier alpha value is -2.20. The third-order valence-corrected chi connectivity index (χ3v) is 15.0. The number of hydrogen-bond acceptors (Lipinski definition) is 6. The fourth-order valence-electron chi connectivity index (χ4n) is 3.81. The second-order valence-corrected chi connectivity index (χ2v) is 16.2. The van der Waals surface area contributed by atoms with E-state index in [9.17, 15) is 0 Å². The molecule has 0 saturated carbocycles. The van der Waals surface area contributed by atoms with Gasteiger partial charge in [-0.3, -0.25) is 0 Å². The van der Waals surface area contributed by atoms with Crippen molar-refractivity contribution in [1.82, 2.24) is 0 Å². The summed E-state index contributed by atoms with van der Waals surface area (Å²) in [4.78, 5) is 0. The first kappa shape index (κ1) is 26.8. The summed E-state index contributed by atoms with van der Waals surface area (Å²) in [6, 6.07) is 13.4. The standard InChI is InChI=1S/C21H30N6P2/c22-8-1-14-28(15-2-9-23,16-3-10-24)20-7-21-29(17-4-11-25,18-5-12-26)19-6-13-27/h1-7,14-21H2/q+2. The molecular formula is C21H30N6P2+2. The third kappa shape index (κ3) is 11.4. The predicted molar refractivity (Wildman–Crippen MR) is 119 cm³/mol. The summed E-state index contributed by atoms with van der Waals surface area (Å²) < 4.78 is 0. The number of nitrogens with zero attached hydrogens (tertiary/aromatic N) is 6. The number of nitriles is 6. The van der Waals surface area contributed by atoms with E-state index < -0.39 is 14.5 Å². The van der Waals surface area contributed by atoms with Crippen LogP contribution in [0, 0.1) is 68.0 Å². The first-order valence-corrected chi connectivity index (χ1v) is 15.1. The molecule has 0 aromatic heterocycles. The lowest BCUT2D eigenvalue weighted by Crippen LogP contribution is -2.17. The zero-order valence-electron chi connectivity index (χ0n) is 17.2. The van der Waals surface area contributed by atoms with Gasteiger partial charge in [0.2, 0.25) is 0 Å². The minimum Gasteiger partial charge on any atom is -0.198 e. The second kappa shape index (κ2) is 16.7. The van der Waals surface area contributed by atoms with Crippen molar-refractivity contribution in [1.29, 1.82) is 31.6 Å². The van der Waals surface area contributed by atoms with E-state index in [1.54, 1.807) is 0 Å². The lowest BCUT2D eigenvalue weighted by atomic mass is 10.5. The lowest BCUT2D eigenvalue weighted by Gasteiger charge is -2.29.